The summed E-state index contributed by atoms with van der Waals surface area (Å²) in [6.45, 7) is 2.83. The van der Waals surface area contributed by atoms with Crippen LogP contribution in [0.2, 0.25) is 0 Å². The van der Waals surface area contributed by atoms with E-state index in [4.69, 9.17) is 18.9 Å². The van der Waals surface area contributed by atoms with Crippen molar-refractivity contribution in [2.75, 3.05) is 26.4 Å². The summed E-state index contributed by atoms with van der Waals surface area (Å²) in [4.78, 5) is 24.4. The van der Waals surface area contributed by atoms with Gasteiger partial charge in [-0.25, -0.2) is 0 Å². The Balaban J connectivity index is 1.50. The quantitative estimate of drug-likeness (QED) is 0.725. The Kier molecular flexibility index (Phi) is 7.03. The predicted octanol–water partition coefficient (Wildman–Crippen LogP) is 2.63. The van der Waals surface area contributed by atoms with Crippen LogP contribution in [0.5, 0.6) is 0 Å². The normalized spacial score (nSPS) is 19.1. The van der Waals surface area contributed by atoms with E-state index in [0.717, 1.165) is 11.1 Å². The highest BCUT2D eigenvalue weighted by atomic mass is 16.5. The topological polar surface area (TPSA) is 71.1 Å². The molecule has 0 atom stereocenters. The third-order valence-corrected chi connectivity index (χ3v) is 4.97. The lowest BCUT2D eigenvalue weighted by molar-refractivity contribution is -0.154. The molecule has 1 aromatic carbocycles. The minimum atomic E-state index is -0.178. The molecule has 2 saturated heterocycles. The number of hydrogen-bond donors (Lipinski definition) is 0. The first-order chi connectivity index (χ1) is 12.7. The fraction of sp³-hybridized carbons (Fsp3) is 0.600. The number of carbonyl (C=O) groups excluding carboxylic acids is 2. The van der Waals surface area contributed by atoms with Crippen molar-refractivity contribution < 1.29 is 28.5 Å². The average Bonchev–Trinajstić information content (AvgIpc) is 2.72. The number of ether oxygens (including phenoxy) is 4. The Morgan fingerprint density at radius 1 is 0.769 bits per heavy atom. The van der Waals surface area contributed by atoms with Gasteiger partial charge in [-0.05, 0) is 36.8 Å². The van der Waals surface area contributed by atoms with Crippen LogP contribution >= 0.6 is 0 Å². The van der Waals surface area contributed by atoms with Gasteiger partial charge < -0.3 is 18.9 Å². The summed E-state index contributed by atoms with van der Waals surface area (Å²) in [5.74, 6) is -0.519. The van der Waals surface area contributed by atoms with Gasteiger partial charge >= 0.3 is 11.9 Å². The average molecular weight is 362 g/mol. The van der Waals surface area contributed by atoms with Crippen molar-refractivity contribution in [1.29, 1.82) is 0 Å². The molecule has 2 aliphatic rings. The van der Waals surface area contributed by atoms with Crippen molar-refractivity contribution in [3.8, 4) is 0 Å². The van der Waals surface area contributed by atoms with Crippen LogP contribution in [0.1, 0.15) is 36.8 Å². The van der Waals surface area contributed by atoms with E-state index in [2.05, 4.69) is 0 Å². The molecule has 2 aliphatic heterocycles. The Morgan fingerprint density at radius 3 is 1.54 bits per heavy atom. The second-order valence-electron chi connectivity index (χ2n) is 6.76. The van der Waals surface area contributed by atoms with Gasteiger partial charge in [0.05, 0.1) is 11.8 Å². The maximum absolute atomic E-state index is 12.2. The fourth-order valence-corrected chi connectivity index (χ4v) is 3.24. The van der Waals surface area contributed by atoms with Crippen LogP contribution in [-0.2, 0) is 41.8 Å². The third kappa shape index (κ3) is 5.29. The minimum Gasteiger partial charge on any atom is -0.461 e. The Bertz CT molecular complexity index is 549. The second-order valence-corrected chi connectivity index (χ2v) is 6.76. The molecule has 0 N–H and O–H groups in total. The Hall–Kier alpha value is -1.92. The largest absolute Gasteiger partial charge is 0.461 e. The number of benzene rings is 1. The SMILES string of the molecule is O=C(OCc1ccccc1COC(=O)C1CCOCC1)C1CCOCC1. The zero-order valence-corrected chi connectivity index (χ0v) is 15.0. The Morgan fingerprint density at radius 2 is 1.15 bits per heavy atom. The van der Waals surface area contributed by atoms with Crippen LogP contribution in [0.15, 0.2) is 24.3 Å². The van der Waals surface area contributed by atoms with E-state index in [1.54, 1.807) is 0 Å². The summed E-state index contributed by atoms with van der Waals surface area (Å²) in [7, 11) is 0. The highest BCUT2D eigenvalue weighted by Crippen LogP contribution is 2.20. The lowest BCUT2D eigenvalue weighted by Gasteiger charge is -2.21. The second kappa shape index (κ2) is 9.69. The molecule has 0 bridgehead atoms. The van der Waals surface area contributed by atoms with Gasteiger partial charge in [0.15, 0.2) is 0 Å². The predicted molar refractivity (Wildman–Crippen MR) is 93.1 cm³/mol. The molecule has 142 valence electrons. The summed E-state index contributed by atoms with van der Waals surface area (Å²) < 4.78 is 21.5. The minimum absolute atomic E-state index is 0.0812. The molecule has 0 amide bonds. The van der Waals surface area contributed by atoms with Gasteiger partial charge in [0.1, 0.15) is 13.2 Å². The zero-order valence-electron chi connectivity index (χ0n) is 15.0. The highest BCUT2D eigenvalue weighted by molar-refractivity contribution is 5.73. The number of esters is 2. The Labute approximate surface area is 153 Å². The van der Waals surface area contributed by atoms with Crippen LogP contribution in [-0.4, -0.2) is 38.4 Å². The molecule has 3 rings (SSSR count). The number of carbonyl (C=O) groups is 2. The molecule has 0 spiro atoms. The van der Waals surface area contributed by atoms with Crippen molar-refractivity contribution in [1.82, 2.24) is 0 Å². The van der Waals surface area contributed by atoms with Crippen LogP contribution in [0.25, 0.3) is 0 Å². The molecule has 6 heteroatoms. The molecule has 1 aromatic rings. The molecule has 2 fully saturated rings. The summed E-state index contributed by atoms with van der Waals surface area (Å²) in [6.07, 6.45) is 2.85. The molecule has 0 saturated carbocycles. The van der Waals surface area contributed by atoms with Gasteiger partial charge in [-0.2, -0.15) is 0 Å². The van der Waals surface area contributed by atoms with E-state index in [1.165, 1.54) is 0 Å². The fourth-order valence-electron chi connectivity index (χ4n) is 3.24. The molecule has 6 nitrogen and oxygen atoms in total. The van der Waals surface area contributed by atoms with Gasteiger partial charge in [0, 0.05) is 26.4 Å². The molecule has 26 heavy (non-hydrogen) atoms. The van der Waals surface area contributed by atoms with Crippen LogP contribution < -0.4 is 0 Å². The first-order valence-electron chi connectivity index (χ1n) is 9.29. The van der Waals surface area contributed by atoms with Gasteiger partial charge in [-0.1, -0.05) is 24.3 Å². The molecule has 0 radical (unpaired) electrons. The van der Waals surface area contributed by atoms with E-state index < -0.39 is 0 Å². The summed E-state index contributed by atoms with van der Waals surface area (Å²) in [6, 6.07) is 7.58. The van der Waals surface area contributed by atoms with E-state index >= 15 is 0 Å². The summed E-state index contributed by atoms with van der Waals surface area (Å²) in [5.41, 5.74) is 1.74. The molecular formula is C20H26O6. The maximum atomic E-state index is 12.2. The zero-order chi connectivity index (χ0) is 18.2. The van der Waals surface area contributed by atoms with E-state index in [0.29, 0.717) is 52.1 Å². The van der Waals surface area contributed by atoms with Crippen molar-refractivity contribution in [3.05, 3.63) is 35.4 Å². The summed E-state index contributed by atoms with van der Waals surface area (Å²) >= 11 is 0. The highest BCUT2D eigenvalue weighted by Gasteiger charge is 2.24. The van der Waals surface area contributed by atoms with Crippen molar-refractivity contribution in [2.24, 2.45) is 11.8 Å². The first-order valence-corrected chi connectivity index (χ1v) is 9.29. The third-order valence-electron chi connectivity index (χ3n) is 4.97. The van der Waals surface area contributed by atoms with Gasteiger partial charge in [0.2, 0.25) is 0 Å². The molecular weight excluding hydrogens is 336 g/mol. The standard InChI is InChI=1S/C20H26O6/c21-19(15-5-9-23-10-6-15)25-13-17-3-1-2-4-18(17)14-26-20(22)16-7-11-24-12-8-16/h1-4,15-16H,5-14H2. The van der Waals surface area contributed by atoms with E-state index in [-0.39, 0.29) is 37.0 Å². The maximum Gasteiger partial charge on any atom is 0.309 e. The first kappa shape index (κ1) is 18.9. The van der Waals surface area contributed by atoms with Gasteiger partial charge in [-0.3, -0.25) is 9.59 Å². The smallest absolute Gasteiger partial charge is 0.309 e. The van der Waals surface area contributed by atoms with Crippen LogP contribution in [0.4, 0.5) is 0 Å². The summed E-state index contributed by atoms with van der Waals surface area (Å²) in [5, 5.41) is 0. The molecule has 2 heterocycles. The molecule has 0 aliphatic carbocycles. The monoisotopic (exact) mass is 362 g/mol. The number of hydrogen-bond acceptors (Lipinski definition) is 6. The molecule has 0 aromatic heterocycles. The van der Waals surface area contributed by atoms with Crippen molar-refractivity contribution in [2.45, 2.75) is 38.9 Å². The lowest BCUT2D eigenvalue weighted by Crippen LogP contribution is -2.25. The lowest BCUT2D eigenvalue weighted by atomic mass is 10.0. The van der Waals surface area contributed by atoms with Crippen molar-refractivity contribution in [3.63, 3.8) is 0 Å². The van der Waals surface area contributed by atoms with Gasteiger partial charge in [-0.15, -0.1) is 0 Å². The van der Waals surface area contributed by atoms with E-state index in [1.807, 2.05) is 24.3 Å². The molecule has 0 unspecified atom stereocenters. The van der Waals surface area contributed by atoms with Crippen LogP contribution in [0.3, 0.4) is 0 Å². The van der Waals surface area contributed by atoms with Crippen LogP contribution in [0, 0.1) is 11.8 Å². The number of rotatable bonds is 6. The van der Waals surface area contributed by atoms with Gasteiger partial charge in [0.25, 0.3) is 0 Å². The van der Waals surface area contributed by atoms with E-state index in [9.17, 15) is 9.59 Å². The van der Waals surface area contributed by atoms with Crippen molar-refractivity contribution >= 4 is 11.9 Å².